The molecular weight excluding hydrogens is 419 g/mol. The lowest BCUT2D eigenvalue weighted by Gasteiger charge is -2.28. The first kappa shape index (κ1) is 22.1. The molecule has 1 amide bonds. The minimum atomic E-state index is -4.36. The molecule has 1 aliphatic rings. The molecule has 2 aromatic rings. The number of phenolic OH excluding ortho intramolecular Hbond substituents is 1. The second-order valence-electron chi connectivity index (χ2n) is 7.61. The van der Waals surface area contributed by atoms with Crippen molar-refractivity contribution in [1.82, 2.24) is 0 Å². The van der Waals surface area contributed by atoms with Crippen LogP contribution in [0.5, 0.6) is 5.75 Å². The van der Waals surface area contributed by atoms with Crippen molar-refractivity contribution in [3.05, 3.63) is 53.6 Å². The van der Waals surface area contributed by atoms with Crippen molar-refractivity contribution in [3.8, 4) is 5.75 Å². The van der Waals surface area contributed by atoms with Crippen LogP contribution in [0.2, 0.25) is 0 Å². The van der Waals surface area contributed by atoms with Crippen LogP contribution in [0.15, 0.2) is 47.4 Å². The Morgan fingerprint density at radius 2 is 1.63 bits per heavy atom. The van der Waals surface area contributed by atoms with Gasteiger partial charge in [0, 0.05) is 17.9 Å². The summed E-state index contributed by atoms with van der Waals surface area (Å²) in [6.07, 6.45) is -0.889. The summed E-state index contributed by atoms with van der Waals surface area (Å²) in [7, 11) is -3.64. The van der Waals surface area contributed by atoms with E-state index in [0.29, 0.717) is 25.7 Å². The van der Waals surface area contributed by atoms with E-state index < -0.39 is 21.6 Å². The fourth-order valence-electron chi connectivity index (χ4n) is 3.77. The highest BCUT2D eigenvalue weighted by molar-refractivity contribution is 7.90. The second kappa shape index (κ2) is 8.29. The number of amides is 1. The van der Waals surface area contributed by atoms with E-state index in [9.17, 15) is 31.5 Å². The van der Waals surface area contributed by atoms with Gasteiger partial charge in [0.15, 0.2) is 9.84 Å². The smallest absolute Gasteiger partial charge is 0.416 e. The van der Waals surface area contributed by atoms with Gasteiger partial charge in [-0.05, 0) is 67.5 Å². The number of rotatable bonds is 4. The van der Waals surface area contributed by atoms with E-state index in [4.69, 9.17) is 0 Å². The number of carbonyl (C=O) groups is 1. The molecule has 1 saturated carbocycles. The van der Waals surface area contributed by atoms with Crippen LogP contribution in [0, 0.1) is 5.92 Å². The normalized spacial score (nSPS) is 20.0. The van der Waals surface area contributed by atoms with Crippen LogP contribution in [0.1, 0.15) is 42.7 Å². The predicted molar refractivity (Wildman–Crippen MR) is 106 cm³/mol. The molecule has 2 N–H and O–H groups in total. The number of hydrogen-bond donors (Lipinski definition) is 2. The molecule has 5 nitrogen and oxygen atoms in total. The van der Waals surface area contributed by atoms with Gasteiger partial charge in [0.1, 0.15) is 10.6 Å². The fourth-order valence-corrected chi connectivity index (χ4v) is 4.56. The van der Waals surface area contributed by atoms with Crippen molar-refractivity contribution < 1.29 is 31.5 Å². The molecule has 0 radical (unpaired) electrons. The monoisotopic (exact) mass is 441 g/mol. The Bertz CT molecular complexity index is 1030. The van der Waals surface area contributed by atoms with Gasteiger partial charge in [-0.1, -0.05) is 12.1 Å². The summed E-state index contributed by atoms with van der Waals surface area (Å²) < 4.78 is 61.5. The molecule has 0 bridgehead atoms. The summed E-state index contributed by atoms with van der Waals surface area (Å²) >= 11 is 0. The Hall–Kier alpha value is -2.55. The summed E-state index contributed by atoms with van der Waals surface area (Å²) in [5, 5.41) is 12.4. The quantitative estimate of drug-likeness (QED) is 0.672. The number of hydrogen-bond acceptors (Lipinski definition) is 4. The molecule has 0 spiro atoms. The van der Waals surface area contributed by atoms with Crippen LogP contribution in [0.4, 0.5) is 18.9 Å². The van der Waals surface area contributed by atoms with Crippen LogP contribution in [0.25, 0.3) is 0 Å². The zero-order chi connectivity index (χ0) is 22.1. The van der Waals surface area contributed by atoms with E-state index in [1.54, 1.807) is 0 Å². The van der Waals surface area contributed by atoms with E-state index in [0.717, 1.165) is 24.0 Å². The fraction of sp³-hybridized carbons (Fsp3) is 0.381. The Morgan fingerprint density at radius 3 is 2.17 bits per heavy atom. The molecular formula is C21H22F3NO4S. The second-order valence-corrected chi connectivity index (χ2v) is 9.60. The van der Waals surface area contributed by atoms with Gasteiger partial charge in [0.25, 0.3) is 0 Å². The number of nitrogens with one attached hydrogen (secondary N) is 1. The maximum absolute atomic E-state index is 12.7. The largest absolute Gasteiger partial charge is 0.507 e. The van der Waals surface area contributed by atoms with Crippen molar-refractivity contribution in [3.63, 3.8) is 0 Å². The Balaban J connectivity index is 1.61. The SMILES string of the molecule is CS(=O)(=O)c1cc(NC(=O)C2CCC(c3ccc(C(F)(F)F)cc3)CC2)ccc1O. The van der Waals surface area contributed by atoms with Gasteiger partial charge in [0.05, 0.1) is 5.56 Å². The van der Waals surface area contributed by atoms with E-state index in [2.05, 4.69) is 5.32 Å². The zero-order valence-electron chi connectivity index (χ0n) is 16.2. The molecule has 0 aliphatic heterocycles. The molecule has 0 heterocycles. The first-order valence-corrected chi connectivity index (χ1v) is 11.4. The number of alkyl halides is 3. The summed E-state index contributed by atoms with van der Waals surface area (Å²) in [6.45, 7) is 0. The summed E-state index contributed by atoms with van der Waals surface area (Å²) in [4.78, 5) is 12.3. The lowest BCUT2D eigenvalue weighted by atomic mass is 9.78. The van der Waals surface area contributed by atoms with Crippen LogP contribution < -0.4 is 5.32 Å². The van der Waals surface area contributed by atoms with Crippen molar-refractivity contribution in [1.29, 1.82) is 0 Å². The van der Waals surface area contributed by atoms with Crippen molar-refractivity contribution >= 4 is 21.4 Å². The lowest BCUT2D eigenvalue weighted by molar-refractivity contribution is -0.137. The van der Waals surface area contributed by atoms with Gasteiger partial charge in [-0.25, -0.2) is 8.42 Å². The topological polar surface area (TPSA) is 83.5 Å². The molecule has 1 aliphatic carbocycles. The highest BCUT2D eigenvalue weighted by Crippen LogP contribution is 2.38. The third-order valence-corrected chi connectivity index (χ3v) is 6.56. The maximum Gasteiger partial charge on any atom is 0.416 e. The summed E-state index contributed by atoms with van der Waals surface area (Å²) in [5.74, 6) is -0.799. The first-order valence-electron chi connectivity index (χ1n) is 9.46. The van der Waals surface area contributed by atoms with Crippen LogP contribution >= 0.6 is 0 Å². The standard InChI is InChI=1S/C21H22F3NO4S/c1-30(28,29)19-12-17(10-11-18(19)26)25-20(27)15-4-2-13(3-5-15)14-6-8-16(9-7-14)21(22,23)24/h6-13,15,26H,2-5H2,1H3,(H,25,27). The Labute approximate surface area is 172 Å². The summed E-state index contributed by atoms with van der Waals surface area (Å²) in [5.41, 5.74) is 0.433. The molecule has 9 heteroatoms. The highest BCUT2D eigenvalue weighted by atomic mass is 32.2. The number of phenols is 1. The number of aromatic hydroxyl groups is 1. The van der Waals surface area contributed by atoms with Crippen LogP contribution in [-0.2, 0) is 20.8 Å². The van der Waals surface area contributed by atoms with Gasteiger partial charge in [-0.2, -0.15) is 13.2 Å². The highest BCUT2D eigenvalue weighted by Gasteiger charge is 2.31. The molecule has 162 valence electrons. The van der Waals surface area contributed by atoms with E-state index in [1.807, 2.05) is 0 Å². The number of benzene rings is 2. The first-order chi connectivity index (χ1) is 13.9. The van der Waals surface area contributed by atoms with Crippen molar-refractivity contribution in [2.75, 3.05) is 11.6 Å². The summed E-state index contributed by atoms with van der Waals surface area (Å²) in [6, 6.07) is 9.02. The molecule has 0 aromatic heterocycles. The minimum absolute atomic E-state index is 0.0989. The third kappa shape index (κ3) is 5.13. The number of anilines is 1. The van der Waals surface area contributed by atoms with Gasteiger partial charge < -0.3 is 10.4 Å². The molecule has 3 rings (SSSR count). The Morgan fingerprint density at radius 1 is 1.03 bits per heavy atom. The number of carbonyl (C=O) groups excluding carboxylic acids is 1. The molecule has 0 atom stereocenters. The predicted octanol–water partition coefficient (Wildman–Crippen LogP) is 4.73. The maximum atomic E-state index is 12.7. The van der Waals surface area contributed by atoms with Crippen LogP contribution in [-0.4, -0.2) is 25.7 Å². The molecule has 1 fully saturated rings. The van der Waals surface area contributed by atoms with E-state index in [-0.39, 0.29) is 34.1 Å². The zero-order valence-corrected chi connectivity index (χ0v) is 17.1. The number of sulfone groups is 1. The van der Waals surface area contributed by atoms with E-state index >= 15 is 0 Å². The van der Waals surface area contributed by atoms with Crippen LogP contribution in [0.3, 0.4) is 0 Å². The number of halogens is 3. The van der Waals surface area contributed by atoms with E-state index in [1.165, 1.54) is 30.3 Å². The molecule has 0 saturated heterocycles. The molecule has 30 heavy (non-hydrogen) atoms. The van der Waals surface area contributed by atoms with Gasteiger partial charge in [-0.3, -0.25) is 4.79 Å². The molecule has 0 unspecified atom stereocenters. The average Bonchev–Trinajstić information content (AvgIpc) is 2.68. The average molecular weight is 441 g/mol. The minimum Gasteiger partial charge on any atom is -0.507 e. The van der Waals surface area contributed by atoms with Gasteiger partial charge in [-0.15, -0.1) is 0 Å². The van der Waals surface area contributed by atoms with Crippen molar-refractivity contribution in [2.24, 2.45) is 5.92 Å². The van der Waals surface area contributed by atoms with Crippen molar-refractivity contribution in [2.45, 2.75) is 42.7 Å². The lowest BCUT2D eigenvalue weighted by Crippen LogP contribution is -2.26. The molecule has 2 aromatic carbocycles. The van der Waals surface area contributed by atoms with Gasteiger partial charge >= 0.3 is 6.18 Å². The third-order valence-electron chi connectivity index (χ3n) is 5.43. The van der Waals surface area contributed by atoms with Gasteiger partial charge in [0.2, 0.25) is 5.91 Å². The Kier molecular flexibility index (Phi) is 6.12.